The van der Waals surface area contributed by atoms with Crippen molar-refractivity contribution in [3.05, 3.63) is 67.6 Å². The Morgan fingerprint density at radius 2 is 0.818 bits per heavy atom. The third-order valence-corrected chi connectivity index (χ3v) is 6.83. The molecular weight excluding hydrogens is 452 g/mol. The van der Waals surface area contributed by atoms with Gasteiger partial charge in [-0.3, -0.25) is 0 Å². The molecule has 0 fully saturated rings. The molecule has 0 heterocycles. The van der Waals surface area contributed by atoms with E-state index in [0.717, 1.165) is 0 Å². The van der Waals surface area contributed by atoms with Gasteiger partial charge in [0.05, 0.1) is 20.1 Å². The Labute approximate surface area is 168 Å². The van der Waals surface area contributed by atoms with Crippen molar-refractivity contribution >= 4 is 92.8 Å². The van der Waals surface area contributed by atoms with Crippen LogP contribution in [0.25, 0.3) is 0 Å². The summed E-state index contributed by atoms with van der Waals surface area (Å²) in [6, 6.07) is 9.28. The molecule has 0 saturated carbocycles. The first kappa shape index (κ1) is 19.1. The highest BCUT2D eigenvalue weighted by atomic mass is 35.5. The molecule has 0 amide bonds. The van der Waals surface area contributed by atoms with Crippen molar-refractivity contribution in [1.82, 2.24) is 0 Å². The predicted octanol–water partition coefficient (Wildman–Crippen LogP) is 8.26. The quantitative estimate of drug-likeness (QED) is 0.407. The number of rotatable bonds is 3. The first-order valence-electron chi connectivity index (χ1n) is 5.74. The molecule has 22 heavy (non-hydrogen) atoms. The molecule has 2 rings (SSSR count). The van der Waals surface area contributed by atoms with E-state index in [1.165, 1.54) is 12.1 Å². The number of halogens is 8. The summed E-state index contributed by atoms with van der Waals surface area (Å²) in [5.41, 5.74) is 0.780. The van der Waals surface area contributed by atoms with Crippen LogP contribution >= 0.6 is 92.8 Å². The van der Waals surface area contributed by atoms with Gasteiger partial charge in [-0.1, -0.05) is 105 Å². The number of alkyl halides is 4. The number of hydrogen-bond acceptors (Lipinski definition) is 0. The van der Waals surface area contributed by atoms with Crippen LogP contribution in [0.1, 0.15) is 11.1 Å². The molecule has 0 aromatic heterocycles. The lowest BCUT2D eigenvalue weighted by molar-refractivity contribution is 0.732. The van der Waals surface area contributed by atoms with Gasteiger partial charge in [0.25, 0.3) is 0 Å². The highest BCUT2D eigenvalue weighted by Gasteiger charge is 2.50. The molecule has 0 aliphatic rings. The van der Waals surface area contributed by atoms with E-state index < -0.39 is 8.67 Å². The second-order valence-electron chi connectivity index (χ2n) is 4.41. The maximum Gasteiger partial charge on any atom is 0.180 e. The molecule has 0 aliphatic carbocycles. The average Bonchev–Trinajstić information content (AvgIpc) is 2.44. The zero-order valence-corrected chi connectivity index (χ0v) is 16.5. The van der Waals surface area contributed by atoms with Crippen LogP contribution in [0.4, 0.5) is 0 Å². The topological polar surface area (TPSA) is 0 Å². The van der Waals surface area contributed by atoms with E-state index in [2.05, 4.69) is 0 Å². The maximum absolute atomic E-state index is 6.43. The second kappa shape index (κ2) is 6.94. The molecule has 0 unspecified atom stereocenters. The summed E-state index contributed by atoms with van der Waals surface area (Å²) in [6.07, 6.45) is 0. The summed E-state index contributed by atoms with van der Waals surface area (Å²) in [5.74, 6) is 0. The lowest BCUT2D eigenvalue weighted by Gasteiger charge is -2.34. The summed E-state index contributed by atoms with van der Waals surface area (Å²) < 4.78 is -3.41. The first-order chi connectivity index (χ1) is 10.1. The molecule has 2 aromatic carbocycles. The Bertz CT molecular complexity index is 646. The van der Waals surface area contributed by atoms with Gasteiger partial charge >= 0.3 is 0 Å². The Hall–Kier alpha value is 0.760. The van der Waals surface area contributed by atoms with E-state index in [4.69, 9.17) is 92.8 Å². The van der Waals surface area contributed by atoms with E-state index in [1.54, 1.807) is 24.3 Å². The highest BCUT2D eigenvalue weighted by molar-refractivity contribution is 6.61. The van der Waals surface area contributed by atoms with Gasteiger partial charge in [-0.15, -0.1) is 0 Å². The van der Waals surface area contributed by atoms with Gasteiger partial charge < -0.3 is 0 Å². The fourth-order valence-electron chi connectivity index (χ4n) is 1.75. The van der Waals surface area contributed by atoms with Gasteiger partial charge in [0.2, 0.25) is 0 Å². The maximum atomic E-state index is 6.43. The van der Waals surface area contributed by atoms with Crippen molar-refractivity contribution in [2.24, 2.45) is 0 Å². The predicted molar refractivity (Wildman–Crippen MR) is 99.7 cm³/mol. The molecule has 0 nitrogen and oxygen atoms in total. The minimum absolute atomic E-state index is 0.281. The number of benzene rings is 2. The summed E-state index contributed by atoms with van der Waals surface area (Å²) >= 11 is 49.5. The standard InChI is InChI=1S/C14H6Cl8/c15-9-3-1-7(5-11(9)17)13(19,20)14(21,22)8-2-4-10(16)12(18)6-8/h1-6H. The Balaban J connectivity index is 2.53. The molecule has 118 valence electrons. The van der Waals surface area contributed by atoms with Gasteiger partial charge in [-0.25, -0.2) is 0 Å². The summed E-state index contributed by atoms with van der Waals surface area (Å²) in [4.78, 5) is 0. The highest BCUT2D eigenvalue weighted by Crippen LogP contribution is 2.57. The molecular formula is C14H6Cl8. The molecule has 0 radical (unpaired) electrons. The summed E-state index contributed by atoms with van der Waals surface area (Å²) in [6.45, 7) is 0. The van der Waals surface area contributed by atoms with Gasteiger partial charge in [0, 0.05) is 0 Å². The van der Waals surface area contributed by atoms with Gasteiger partial charge in [-0.2, -0.15) is 0 Å². The van der Waals surface area contributed by atoms with Gasteiger partial charge in [0.1, 0.15) is 0 Å². The number of hydrogen-bond donors (Lipinski definition) is 0. The van der Waals surface area contributed by atoms with Crippen LogP contribution < -0.4 is 0 Å². The lowest BCUT2D eigenvalue weighted by Crippen LogP contribution is -2.31. The molecule has 0 saturated heterocycles. The lowest BCUT2D eigenvalue weighted by atomic mass is 10.0. The van der Waals surface area contributed by atoms with Gasteiger partial charge in [0.15, 0.2) is 8.67 Å². The molecule has 0 atom stereocenters. The van der Waals surface area contributed by atoms with Crippen LogP contribution in [0.3, 0.4) is 0 Å². The minimum Gasteiger partial charge on any atom is -0.0925 e. The third kappa shape index (κ3) is 3.55. The second-order valence-corrected chi connectivity index (χ2v) is 8.69. The Morgan fingerprint density at radius 3 is 1.09 bits per heavy atom. The van der Waals surface area contributed by atoms with Crippen molar-refractivity contribution in [3.8, 4) is 0 Å². The average molecular weight is 458 g/mol. The van der Waals surface area contributed by atoms with E-state index >= 15 is 0 Å². The fraction of sp³-hybridized carbons (Fsp3) is 0.143. The van der Waals surface area contributed by atoms with Crippen molar-refractivity contribution in [2.75, 3.05) is 0 Å². The summed E-state index contributed by atoms with van der Waals surface area (Å²) in [7, 11) is 0. The molecule has 2 aromatic rings. The van der Waals surface area contributed by atoms with Crippen molar-refractivity contribution in [2.45, 2.75) is 8.67 Å². The van der Waals surface area contributed by atoms with Crippen LogP contribution in [-0.4, -0.2) is 0 Å². The third-order valence-electron chi connectivity index (χ3n) is 2.96. The van der Waals surface area contributed by atoms with Crippen LogP contribution in [0.5, 0.6) is 0 Å². The van der Waals surface area contributed by atoms with E-state index in [-0.39, 0.29) is 10.0 Å². The van der Waals surface area contributed by atoms with Crippen LogP contribution in [-0.2, 0) is 8.67 Å². The van der Waals surface area contributed by atoms with E-state index in [9.17, 15) is 0 Å². The monoisotopic (exact) mass is 454 g/mol. The SMILES string of the molecule is Clc1ccc(C(Cl)(Cl)C(Cl)(Cl)c2ccc(Cl)c(Cl)c2)cc1Cl. The smallest absolute Gasteiger partial charge is 0.0925 e. The molecule has 0 spiro atoms. The molecule has 0 N–H and O–H groups in total. The molecule has 8 heteroatoms. The molecule has 0 aliphatic heterocycles. The zero-order chi connectivity index (χ0) is 16.7. The van der Waals surface area contributed by atoms with Crippen molar-refractivity contribution in [1.29, 1.82) is 0 Å². The van der Waals surface area contributed by atoms with Gasteiger partial charge in [-0.05, 0) is 35.4 Å². The Morgan fingerprint density at radius 1 is 0.500 bits per heavy atom. The van der Waals surface area contributed by atoms with Crippen molar-refractivity contribution < 1.29 is 0 Å². The normalized spacial score (nSPS) is 12.5. The van der Waals surface area contributed by atoms with E-state index in [1.807, 2.05) is 0 Å². The Kier molecular flexibility index (Phi) is 6.02. The van der Waals surface area contributed by atoms with E-state index in [0.29, 0.717) is 21.2 Å². The minimum atomic E-state index is -1.71. The van der Waals surface area contributed by atoms with Crippen LogP contribution in [0.15, 0.2) is 36.4 Å². The van der Waals surface area contributed by atoms with Crippen LogP contribution in [0, 0.1) is 0 Å². The molecule has 0 bridgehead atoms. The first-order valence-corrected chi connectivity index (χ1v) is 8.76. The zero-order valence-electron chi connectivity index (χ0n) is 10.5. The van der Waals surface area contributed by atoms with Crippen molar-refractivity contribution in [3.63, 3.8) is 0 Å². The summed E-state index contributed by atoms with van der Waals surface area (Å²) in [5, 5.41) is 1.28. The van der Waals surface area contributed by atoms with Crippen LogP contribution in [0.2, 0.25) is 20.1 Å². The fourth-order valence-corrected chi connectivity index (χ4v) is 3.25. The largest absolute Gasteiger partial charge is 0.180 e.